The predicted octanol–water partition coefficient (Wildman–Crippen LogP) is 3.59. The van der Waals surface area contributed by atoms with E-state index in [0.29, 0.717) is 25.3 Å². The first-order valence-corrected chi connectivity index (χ1v) is 10.3. The number of carbonyl (C=O) groups is 1. The van der Waals surface area contributed by atoms with Crippen LogP contribution in [-0.4, -0.2) is 35.4 Å². The molecule has 0 radical (unpaired) electrons. The Balaban J connectivity index is 1.75. The number of anilines is 1. The topological polar surface area (TPSA) is 87.4 Å². The van der Waals surface area contributed by atoms with Crippen LogP contribution in [0.25, 0.3) is 10.9 Å². The zero-order valence-electron chi connectivity index (χ0n) is 17.7. The minimum Gasteiger partial charge on any atom is -0.444 e. The summed E-state index contributed by atoms with van der Waals surface area (Å²) in [7, 11) is 0. The lowest BCUT2D eigenvalue weighted by atomic mass is 10.1. The SMILES string of the molecule is CC(C)(C)OC(=O)NC1CCN(c2c(C#N)c(=O)c3cc(F)cc(F)c3n2C2CC2)C1. The van der Waals surface area contributed by atoms with Crippen LogP contribution in [0.3, 0.4) is 0 Å². The molecule has 0 spiro atoms. The fourth-order valence-electron chi connectivity index (χ4n) is 4.09. The van der Waals surface area contributed by atoms with Gasteiger partial charge in [0.05, 0.1) is 16.9 Å². The highest BCUT2D eigenvalue weighted by Crippen LogP contribution is 2.42. The van der Waals surface area contributed by atoms with Crippen molar-refractivity contribution in [2.45, 2.75) is 57.7 Å². The van der Waals surface area contributed by atoms with Crippen LogP contribution in [0, 0.1) is 23.0 Å². The van der Waals surface area contributed by atoms with Gasteiger partial charge in [-0.1, -0.05) is 0 Å². The molecule has 1 unspecified atom stereocenters. The van der Waals surface area contributed by atoms with Crippen molar-refractivity contribution in [3.63, 3.8) is 0 Å². The molecule has 4 rings (SSSR count). The third-order valence-corrected chi connectivity index (χ3v) is 5.43. The monoisotopic (exact) mass is 430 g/mol. The van der Waals surface area contributed by atoms with Crippen molar-refractivity contribution in [2.75, 3.05) is 18.0 Å². The number of fused-ring (bicyclic) bond motifs is 1. The lowest BCUT2D eigenvalue weighted by Crippen LogP contribution is -2.41. The van der Waals surface area contributed by atoms with Gasteiger partial charge in [-0.2, -0.15) is 5.26 Å². The summed E-state index contributed by atoms with van der Waals surface area (Å²) < 4.78 is 35.6. The van der Waals surface area contributed by atoms with Crippen LogP contribution in [0.15, 0.2) is 16.9 Å². The normalized spacial score (nSPS) is 18.8. The van der Waals surface area contributed by atoms with E-state index in [1.807, 2.05) is 11.0 Å². The summed E-state index contributed by atoms with van der Waals surface area (Å²) in [5, 5.41) is 12.4. The number of nitrogens with one attached hydrogen (secondary N) is 1. The molecule has 1 atom stereocenters. The molecule has 1 amide bonds. The second-order valence-corrected chi connectivity index (χ2v) is 9.10. The summed E-state index contributed by atoms with van der Waals surface area (Å²) in [6, 6.07) is 3.38. The van der Waals surface area contributed by atoms with E-state index in [0.717, 1.165) is 25.0 Å². The summed E-state index contributed by atoms with van der Waals surface area (Å²) in [6.07, 6.45) is 1.59. The van der Waals surface area contributed by atoms with E-state index < -0.39 is 28.8 Å². The second kappa shape index (κ2) is 7.52. The van der Waals surface area contributed by atoms with Gasteiger partial charge in [0, 0.05) is 25.2 Å². The molecule has 0 bridgehead atoms. The third-order valence-electron chi connectivity index (χ3n) is 5.43. The van der Waals surface area contributed by atoms with Crippen molar-refractivity contribution in [2.24, 2.45) is 0 Å². The molecule has 1 saturated heterocycles. The van der Waals surface area contributed by atoms with Crippen LogP contribution in [0.2, 0.25) is 0 Å². The number of pyridine rings is 1. The van der Waals surface area contributed by atoms with Gasteiger partial charge in [0.25, 0.3) is 0 Å². The van der Waals surface area contributed by atoms with E-state index in [-0.39, 0.29) is 28.6 Å². The maximum Gasteiger partial charge on any atom is 0.407 e. The van der Waals surface area contributed by atoms with Crippen molar-refractivity contribution in [1.29, 1.82) is 5.26 Å². The van der Waals surface area contributed by atoms with Crippen molar-refractivity contribution in [1.82, 2.24) is 9.88 Å². The molecular formula is C22H24F2N4O3. The van der Waals surface area contributed by atoms with Crippen molar-refractivity contribution in [3.8, 4) is 6.07 Å². The van der Waals surface area contributed by atoms with Crippen LogP contribution in [-0.2, 0) is 4.74 Å². The Morgan fingerprint density at radius 1 is 1.26 bits per heavy atom. The molecule has 31 heavy (non-hydrogen) atoms. The van der Waals surface area contributed by atoms with Gasteiger partial charge in [-0.15, -0.1) is 0 Å². The number of carbonyl (C=O) groups excluding carboxylic acids is 1. The zero-order valence-corrected chi connectivity index (χ0v) is 17.7. The minimum atomic E-state index is -0.858. The molecule has 2 aliphatic rings. The minimum absolute atomic E-state index is 0.0199. The van der Waals surface area contributed by atoms with E-state index in [1.165, 1.54) is 0 Å². The van der Waals surface area contributed by atoms with Crippen LogP contribution >= 0.6 is 0 Å². The molecular weight excluding hydrogens is 406 g/mol. The van der Waals surface area contributed by atoms with Crippen molar-refractivity contribution >= 4 is 22.8 Å². The molecule has 2 fully saturated rings. The number of hydrogen-bond donors (Lipinski definition) is 1. The van der Waals surface area contributed by atoms with Gasteiger partial charge >= 0.3 is 6.09 Å². The highest BCUT2D eigenvalue weighted by atomic mass is 19.1. The van der Waals surface area contributed by atoms with Gasteiger partial charge in [0.15, 0.2) is 5.82 Å². The van der Waals surface area contributed by atoms with Crippen molar-refractivity contribution < 1.29 is 18.3 Å². The first-order valence-electron chi connectivity index (χ1n) is 10.3. The standard InChI is InChI=1S/C22H24F2N4O3/c1-22(2,3)31-21(30)26-13-6-7-27(11-13)20-16(10-25)19(29)15-8-12(23)9-17(24)18(15)28(20)14-4-5-14/h8-9,13-14H,4-7,11H2,1-3H3,(H,26,30). The number of rotatable bonds is 3. The van der Waals surface area contributed by atoms with Gasteiger partial charge in [-0.3, -0.25) is 4.79 Å². The quantitative estimate of drug-likeness (QED) is 0.804. The maximum atomic E-state index is 14.8. The summed E-state index contributed by atoms with van der Waals surface area (Å²) in [4.78, 5) is 26.9. The average Bonchev–Trinajstić information content (AvgIpc) is 3.39. The second-order valence-electron chi connectivity index (χ2n) is 9.10. The Labute approximate surface area is 178 Å². The summed E-state index contributed by atoms with van der Waals surface area (Å²) in [6.45, 7) is 6.12. The summed E-state index contributed by atoms with van der Waals surface area (Å²) >= 11 is 0. The van der Waals surface area contributed by atoms with Gasteiger partial charge in [-0.25, -0.2) is 13.6 Å². The molecule has 1 aliphatic carbocycles. The Hall–Kier alpha value is -3.15. The Morgan fingerprint density at radius 2 is 1.97 bits per heavy atom. The Kier molecular flexibility index (Phi) is 5.12. The number of nitrogens with zero attached hydrogens (tertiary/aromatic N) is 3. The Morgan fingerprint density at radius 3 is 2.58 bits per heavy atom. The maximum absolute atomic E-state index is 14.8. The van der Waals surface area contributed by atoms with Gasteiger partial charge in [0.2, 0.25) is 5.43 Å². The summed E-state index contributed by atoms with van der Waals surface area (Å²) in [5.74, 6) is -1.35. The molecule has 7 nitrogen and oxygen atoms in total. The molecule has 1 aromatic heterocycles. The van der Waals surface area contributed by atoms with E-state index in [1.54, 1.807) is 25.3 Å². The number of amides is 1. The smallest absolute Gasteiger partial charge is 0.407 e. The molecule has 2 heterocycles. The molecule has 1 saturated carbocycles. The van der Waals surface area contributed by atoms with E-state index >= 15 is 0 Å². The first kappa shape index (κ1) is 21.1. The van der Waals surface area contributed by atoms with E-state index in [2.05, 4.69) is 5.32 Å². The lowest BCUT2D eigenvalue weighted by molar-refractivity contribution is 0.0509. The largest absolute Gasteiger partial charge is 0.444 e. The summed E-state index contributed by atoms with van der Waals surface area (Å²) in [5.41, 5.74) is -1.44. The van der Waals surface area contributed by atoms with Crippen LogP contribution in [0.5, 0.6) is 0 Å². The number of aromatic nitrogens is 1. The van der Waals surface area contributed by atoms with E-state index in [4.69, 9.17) is 4.74 Å². The highest BCUT2D eigenvalue weighted by Gasteiger charge is 2.36. The van der Waals surface area contributed by atoms with Crippen LogP contribution in [0.4, 0.5) is 19.4 Å². The van der Waals surface area contributed by atoms with Crippen molar-refractivity contribution in [3.05, 3.63) is 39.6 Å². The average molecular weight is 430 g/mol. The highest BCUT2D eigenvalue weighted by molar-refractivity contribution is 5.85. The Bertz CT molecular complexity index is 1160. The first-order chi connectivity index (χ1) is 14.6. The predicted molar refractivity (Wildman–Crippen MR) is 111 cm³/mol. The van der Waals surface area contributed by atoms with Crippen LogP contribution in [0.1, 0.15) is 51.6 Å². The van der Waals surface area contributed by atoms with Gasteiger partial charge in [0.1, 0.15) is 28.9 Å². The fraction of sp³-hybridized carbons (Fsp3) is 0.500. The molecule has 2 aromatic rings. The number of halogens is 2. The third kappa shape index (κ3) is 4.07. The number of alkyl carbamates (subject to hydrolysis) is 1. The fourth-order valence-corrected chi connectivity index (χ4v) is 4.09. The number of hydrogen-bond acceptors (Lipinski definition) is 5. The van der Waals surface area contributed by atoms with Gasteiger partial charge in [-0.05, 0) is 46.1 Å². The van der Waals surface area contributed by atoms with Crippen LogP contribution < -0.4 is 15.6 Å². The number of nitriles is 1. The molecule has 9 heteroatoms. The lowest BCUT2D eigenvalue weighted by Gasteiger charge is -2.27. The molecule has 1 aromatic carbocycles. The zero-order chi connectivity index (χ0) is 22.5. The number of benzene rings is 1. The van der Waals surface area contributed by atoms with Gasteiger partial charge < -0.3 is 19.5 Å². The molecule has 1 aliphatic heterocycles. The number of ether oxygens (including phenoxy) is 1. The molecule has 1 N–H and O–H groups in total. The molecule has 164 valence electrons. The van der Waals surface area contributed by atoms with E-state index in [9.17, 15) is 23.6 Å².